The maximum Gasteiger partial charge on any atom is 0.357 e. The van der Waals surface area contributed by atoms with Gasteiger partial charge in [0.2, 0.25) is 5.25 Å². The van der Waals surface area contributed by atoms with Crippen LogP contribution in [0.5, 0.6) is 0 Å². The van der Waals surface area contributed by atoms with Crippen LogP contribution in [-0.4, -0.2) is 25.3 Å². The third kappa shape index (κ3) is 2.02. The number of rotatable bonds is 3. The van der Waals surface area contributed by atoms with Gasteiger partial charge in [-0.3, -0.25) is 4.85 Å². The summed E-state index contributed by atoms with van der Waals surface area (Å²) in [5, 5.41) is 19.5. The van der Waals surface area contributed by atoms with Gasteiger partial charge in [0.05, 0.1) is 18.4 Å². The number of sulfone groups is 1. The number of nitrogens with zero attached hydrogens (tertiary/aromatic N) is 3. The first-order valence-corrected chi connectivity index (χ1v) is 4.54. The monoisotopic (exact) mass is 196 g/mol. The first kappa shape index (κ1) is 11.1. The maximum absolute atomic E-state index is 11.1. The summed E-state index contributed by atoms with van der Waals surface area (Å²) in [4.78, 5) is 2.61. The van der Waals surface area contributed by atoms with Crippen molar-refractivity contribution < 1.29 is 8.42 Å². The Balaban J connectivity index is 5.26. The molecule has 0 spiro atoms. The zero-order valence-electron chi connectivity index (χ0n) is 6.30. The van der Waals surface area contributed by atoms with Crippen LogP contribution in [0.15, 0.2) is 0 Å². The van der Waals surface area contributed by atoms with Gasteiger partial charge in [0, 0.05) is 0 Å². The summed E-state index contributed by atoms with van der Waals surface area (Å²) in [7, 11) is -4.18. The Morgan fingerprint density at radius 1 is 1.46 bits per heavy atom. The van der Waals surface area contributed by atoms with Gasteiger partial charge in [-0.05, 0) is 0 Å². The number of nitriles is 2. The van der Waals surface area contributed by atoms with Crippen LogP contribution in [0.4, 0.5) is 0 Å². The standard InChI is InChI=1S/C6H4N4O2S/c1-10-6(4-9)13(11,12)5(2-7)3-8/h4-6,9H. The maximum atomic E-state index is 11.1. The quantitative estimate of drug-likeness (QED) is 0.494. The normalized spacial score (nSPS) is 12.2. The van der Waals surface area contributed by atoms with Gasteiger partial charge < -0.3 is 5.41 Å². The van der Waals surface area contributed by atoms with Gasteiger partial charge in [0.15, 0.2) is 0 Å². The van der Waals surface area contributed by atoms with Crippen molar-refractivity contribution in [2.45, 2.75) is 10.6 Å². The van der Waals surface area contributed by atoms with Crippen LogP contribution in [0.25, 0.3) is 4.85 Å². The van der Waals surface area contributed by atoms with Crippen LogP contribution in [0.2, 0.25) is 0 Å². The van der Waals surface area contributed by atoms with E-state index < -0.39 is 20.5 Å². The Labute approximate surface area is 75.3 Å². The topological polar surface area (TPSA) is 110 Å². The molecule has 0 bridgehead atoms. The van der Waals surface area contributed by atoms with E-state index in [0.29, 0.717) is 6.21 Å². The highest BCUT2D eigenvalue weighted by Crippen LogP contribution is 2.08. The Bertz CT molecular complexity index is 405. The predicted molar refractivity (Wildman–Crippen MR) is 43.1 cm³/mol. The smallest absolute Gasteiger partial charge is 0.304 e. The minimum atomic E-state index is -4.18. The zero-order valence-corrected chi connectivity index (χ0v) is 7.11. The molecule has 1 atom stereocenters. The van der Waals surface area contributed by atoms with Crippen molar-refractivity contribution >= 4 is 16.1 Å². The fourth-order valence-corrected chi connectivity index (χ4v) is 1.43. The van der Waals surface area contributed by atoms with Crippen LogP contribution < -0.4 is 0 Å². The molecule has 0 amide bonds. The molecule has 0 aromatic carbocycles. The third-order valence-electron chi connectivity index (χ3n) is 1.17. The highest BCUT2D eigenvalue weighted by Gasteiger charge is 2.37. The molecule has 66 valence electrons. The lowest BCUT2D eigenvalue weighted by atomic mass is 10.5. The molecule has 0 aromatic rings. The van der Waals surface area contributed by atoms with Crippen LogP contribution in [0.3, 0.4) is 0 Å². The van der Waals surface area contributed by atoms with Gasteiger partial charge in [-0.25, -0.2) is 15.0 Å². The third-order valence-corrected chi connectivity index (χ3v) is 2.95. The molecule has 0 radical (unpaired) electrons. The highest BCUT2D eigenvalue weighted by atomic mass is 32.2. The van der Waals surface area contributed by atoms with Gasteiger partial charge in [-0.2, -0.15) is 10.5 Å². The predicted octanol–water partition coefficient (Wildman–Crippen LogP) is -0.288. The molecule has 0 saturated carbocycles. The fraction of sp³-hybridized carbons (Fsp3) is 0.333. The summed E-state index contributed by atoms with van der Waals surface area (Å²) in [6, 6.07) is 2.49. The lowest BCUT2D eigenvalue weighted by Gasteiger charge is -2.00. The van der Waals surface area contributed by atoms with Crippen molar-refractivity contribution in [3.63, 3.8) is 0 Å². The van der Waals surface area contributed by atoms with Gasteiger partial charge >= 0.3 is 5.37 Å². The lowest BCUT2D eigenvalue weighted by molar-refractivity contribution is 0.595. The second kappa shape index (κ2) is 4.20. The van der Waals surface area contributed by atoms with E-state index >= 15 is 0 Å². The van der Waals surface area contributed by atoms with Crippen molar-refractivity contribution in [3.8, 4) is 12.1 Å². The average Bonchev–Trinajstić information content (AvgIpc) is 2.07. The van der Waals surface area contributed by atoms with Gasteiger partial charge in [0.1, 0.15) is 0 Å². The van der Waals surface area contributed by atoms with E-state index in [1.165, 1.54) is 12.1 Å². The van der Waals surface area contributed by atoms with Crippen molar-refractivity contribution in [1.29, 1.82) is 15.9 Å². The summed E-state index contributed by atoms with van der Waals surface area (Å²) in [6.45, 7) is 6.43. The molecule has 0 aromatic heterocycles. The Hall–Kier alpha value is -1.91. The molecule has 0 aliphatic rings. The minimum Gasteiger partial charge on any atom is -0.304 e. The number of hydrogen-bond acceptors (Lipinski definition) is 5. The lowest BCUT2D eigenvalue weighted by Crippen LogP contribution is -2.28. The molecule has 1 N–H and O–H groups in total. The number of nitrogens with one attached hydrogen (secondary N) is 1. The SMILES string of the molecule is [C-]#[N+]C(C=N)S(=O)(=O)C(C#N)C#N. The first-order valence-electron chi connectivity index (χ1n) is 2.93. The summed E-state index contributed by atoms with van der Waals surface area (Å²) in [5.74, 6) is 0. The molecule has 13 heavy (non-hydrogen) atoms. The average molecular weight is 196 g/mol. The molecule has 0 rings (SSSR count). The zero-order chi connectivity index (χ0) is 10.5. The summed E-state index contributed by atoms with van der Waals surface area (Å²) in [5.41, 5.74) is 0. The first-order chi connectivity index (χ1) is 6.04. The Morgan fingerprint density at radius 3 is 2.15 bits per heavy atom. The van der Waals surface area contributed by atoms with Crippen molar-refractivity contribution in [1.82, 2.24) is 0 Å². The molecule has 0 fully saturated rings. The van der Waals surface area contributed by atoms with Crippen LogP contribution >= 0.6 is 0 Å². The largest absolute Gasteiger partial charge is 0.357 e. The summed E-state index contributed by atoms with van der Waals surface area (Å²) < 4.78 is 22.3. The second-order valence-electron chi connectivity index (χ2n) is 1.91. The van der Waals surface area contributed by atoms with E-state index in [2.05, 4.69) is 4.85 Å². The molecule has 1 unspecified atom stereocenters. The molecule has 6 nitrogen and oxygen atoms in total. The second-order valence-corrected chi connectivity index (χ2v) is 4.05. The van der Waals surface area contributed by atoms with E-state index in [4.69, 9.17) is 22.5 Å². The highest BCUT2D eigenvalue weighted by molar-refractivity contribution is 7.93. The molecule has 0 aliphatic carbocycles. The van der Waals surface area contributed by atoms with E-state index in [9.17, 15) is 8.42 Å². The fourth-order valence-electron chi connectivity index (χ4n) is 0.521. The van der Waals surface area contributed by atoms with E-state index in [-0.39, 0.29) is 0 Å². The molecule has 7 heteroatoms. The Kier molecular flexibility index (Phi) is 3.58. The van der Waals surface area contributed by atoms with Crippen LogP contribution in [-0.2, 0) is 9.84 Å². The van der Waals surface area contributed by atoms with Crippen molar-refractivity contribution in [2.24, 2.45) is 0 Å². The van der Waals surface area contributed by atoms with E-state index in [1.807, 2.05) is 0 Å². The van der Waals surface area contributed by atoms with Gasteiger partial charge in [-0.15, -0.1) is 0 Å². The molecular weight excluding hydrogens is 192 g/mol. The molecular formula is C6H4N4O2S. The molecule has 0 saturated heterocycles. The van der Waals surface area contributed by atoms with Crippen molar-refractivity contribution in [2.75, 3.05) is 0 Å². The van der Waals surface area contributed by atoms with Crippen LogP contribution in [0, 0.1) is 34.6 Å². The van der Waals surface area contributed by atoms with Gasteiger partial charge in [0.25, 0.3) is 9.84 Å². The van der Waals surface area contributed by atoms with E-state index in [1.54, 1.807) is 0 Å². The molecule has 0 heterocycles. The van der Waals surface area contributed by atoms with Crippen molar-refractivity contribution in [3.05, 3.63) is 11.4 Å². The Morgan fingerprint density at radius 2 is 1.92 bits per heavy atom. The number of hydrogen-bond donors (Lipinski definition) is 1. The van der Waals surface area contributed by atoms with Gasteiger partial charge in [-0.1, -0.05) is 0 Å². The van der Waals surface area contributed by atoms with Crippen LogP contribution in [0.1, 0.15) is 0 Å². The van der Waals surface area contributed by atoms with E-state index in [0.717, 1.165) is 0 Å². The molecule has 0 aliphatic heterocycles. The summed E-state index contributed by atoms with van der Waals surface area (Å²) in [6.07, 6.45) is 0.393. The summed E-state index contributed by atoms with van der Waals surface area (Å²) >= 11 is 0. The minimum absolute atomic E-state index is 0.393.